The van der Waals surface area contributed by atoms with E-state index in [2.05, 4.69) is 10.6 Å². The molecule has 2 aromatic carbocycles. The van der Waals surface area contributed by atoms with Crippen molar-refractivity contribution in [3.63, 3.8) is 0 Å². The average Bonchev–Trinajstić information content (AvgIpc) is 2.77. The molecule has 4 N–H and O–H groups in total. The van der Waals surface area contributed by atoms with Gasteiger partial charge in [0, 0.05) is 6.04 Å². The highest BCUT2D eigenvalue weighted by Crippen LogP contribution is 2.36. The molecule has 0 aromatic heterocycles. The second-order valence-corrected chi connectivity index (χ2v) is 11.3. The summed E-state index contributed by atoms with van der Waals surface area (Å²) >= 11 is 6.40. The van der Waals surface area contributed by atoms with Gasteiger partial charge in [-0.15, -0.1) is 0 Å². The smallest absolute Gasteiger partial charge is 0.408 e. The van der Waals surface area contributed by atoms with Gasteiger partial charge >= 0.3 is 6.09 Å². The van der Waals surface area contributed by atoms with Crippen molar-refractivity contribution in [2.75, 3.05) is 5.32 Å². The maximum atomic E-state index is 14.1. The number of aryl methyl sites for hydroxylation is 2. The van der Waals surface area contributed by atoms with Gasteiger partial charge in [-0.25, -0.2) is 4.79 Å². The Bertz CT molecular complexity index is 1220. The van der Waals surface area contributed by atoms with Crippen molar-refractivity contribution < 1.29 is 23.9 Å². The summed E-state index contributed by atoms with van der Waals surface area (Å²) in [5.41, 5.74) is 7.34. The first-order chi connectivity index (χ1) is 18.3. The summed E-state index contributed by atoms with van der Waals surface area (Å²) in [5.74, 6) is -1.84. The summed E-state index contributed by atoms with van der Waals surface area (Å²) in [7, 11) is 0. The standard InChI is InChI=1S/C29H37ClN4O5/c1-17-9-6-11-19(15-17)25(26(36)33-24-18(2)10-7-14-21(24)30)34(20-12-8-13-20)27(37)22(16-23(31)35)32-28(38)39-29(3,4)5/h6-7,9-11,14-15,20,22,25H,8,12-13,16H2,1-5H3,(H2,31,35)(H,32,38)(H,33,36). The third-order valence-electron chi connectivity index (χ3n) is 6.47. The SMILES string of the molecule is Cc1cccc(C(C(=O)Nc2c(C)cccc2Cl)N(C(=O)C(CC(N)=O)NC(=O)OC(C)(C)C)C2CCC2)c1. The minimum atomic E-state index is -1.32. The van der Waals surface area contributed by atoms with E-state index >= 15 is 0 Å². The minimum Gasteiger partial charge on any atom is -0.444 e. The quantitative estimate of drug-likeness (QED) is 0.409. The normalized spacial score (nSPS) is 14.9. The number of hydrogen-bond acceptors (Lipinski definition) is 5. The predicted octanol–water partition coefficient (Wildman–Crippen LogP) is 4.79. The molecule has 0 aliphatic heterocycles. The van der Waals surface area contributed by atoms with Gasteiger partial charge in [0.05, 0.1) is 17.1 Å². The summed E-state index contributed by atoms with van der Waals surface area (Å²) in [6, 6.07) is 9.95. The van der Waals surface area contributed by atoms with E-state index in [0.717, 1.165) is 17.5 Å². The molecular formula is C29H37ClN4O5. The zero-order valence-corrected chi connectivity index (χ0v) is 23.8. The van der Waals surface area contributed by atoms with Crippen molar-refractivity contribution in [1.82, 2.24) is 10.2 Å². The van der Waals surface area contributed by atoms with E-state index in [0.29, 0.717) is 29.1 Å². The molecule has 0 radical (unpaired) electrons. The Balaban J connectivity index is 2.06. The Hall–Kier alpha value is -3.59. The molecule has 1 fully saturated rings. The highest BCUT2D eigenvalue weighted by Gasteiger charge is 2.42. The number of primary amides is 1. The highest BCUT2D eigenvalue weighted by atomic mass is 35.5. The molecule has 2 atom stereocenters. The van der Waals surface area contributed by atoms with Gasteiger partial charge in [0.25, 0.3) is 5.91 Å². The van der Waals surface area contributed by atoms with E-state index in [1.165, 1.54) is 4.90 Å². The third-order valence-corrected chi connectivity index (χ3v) is 6.79. The van der Waals surface area contributed by atoms with Gasteiger partial charge in [-0.1, -0.05) is 53.6 Å². The van der Waals surface area contributed by atoms with Crippen molar-refractivity contribution >= 4 is 41.1 Å². The van der Waals surface area contributed by atoms with Crippen LogP contribution in [0.25, 0.3) is 0 Å². The fourth-order valence-corrected chi connectivity index (χ4v) is 4.74. The van der Waals surface area contributed by atoms with Gasteiger partial charge in [-0.05, 0) is 71.1 Å². The number of anilines is 1. The Kier molecular flexibility index (Phi) is 9.61. The number of benzene rings is 2. The largest absolute Gasteiger partial charge is 0.444 e. The first-order valence-electron chi connectivity index (χ1n) is 13.0. The van der Waals surface area contributed by atoms with Crippen LogP contribution < -0.4 is 16.4 Å². The molecule has 10 heteroatoms. The lowest BCUT2D eigenvalue weighted by Gasteiger charge is -2.43. The van der Waals surface area contributed by atoms with E-state index in [4.69, 9.17) is 22.1 Å². The molecular weight excluding hydrogens is 520 g/mol. The maximum Gasteiger partial charge on any atom is 0.408 e. The zero-order chi connectivity index (χ0) is 28.9. The Morgan fingerprint density at radius 3 is 2.31 bits per heavy atom. The van der Waals surface area contributed by atoms with E-state index in [1.807, 2.05) is 38.1 Å². The van der Waals surface area contributed by atoms with E-state index in [1.54, 1.807) is 39.0 Å². The number of nitrogens with one attached hydrogen (secondary N) is 2. The van der Waals surface area contributed by atoms with Crippen LogP contribution in [-0.4, -0.2) is 46.4 Å². The number of carbonyl (C=O) groups is 4. The zero-order valence-electron chi connectivity index (χ0n) is 23.0. The number of para-hydroxylation sites is 1. The summed E-state index contributed by atoms with van der Waals surface area (Å²) < 4.78 is 5.33. The fourth-order valence-electron chi connectivity index (χ4n) is 4.47. The first kappa shape index (κ1) is 30.0. The Labute approximate surface area is 234 Å². The van der Waals surface area contributed by atoms with Crippen molar-refractivity contribution in [2.24, 2.45) is 5.73 Å². The highest BCUT2D eigenvalue weighted by molar-refractivity contribution is 6.34. The minimum absolute atomic E-state index is 0.281. The monoisotopic (exact) mass is 556 g/mol. The topological polar surface area (TPSA) is 131 Å². The van der Waals surface area contributed by atoms with Crippen LogP contribution in [0.1, 0.15) is 69.2 Å². The van der Waals surface area contributed by atoms with Crippen LogP contribution in [-0.2, 0) is 19.1 Å². The van der Waals surface area contributed by atoms with Crippen molar-refractivity contribution in [2.45, 2.75) is 84.0 Å². The van der Waals surface area contributed by atoms with Crippen molar-refractivity contribution in [3.05, 3.63) is 64.2 Å². The molecule has 2 unspecified atom stereocenters. The van der Waals surface area contributed by atoms with Crippen LogP contribution in [0.2, 0.25) is 5.02 Å². The molecule has 0 saturated heterocycles. The van der Waals surface area contributed by atoms with Crippen LogP contribution in [0.4, 0.5) is 10.5 Å². The van der Waals surface area contributed by atoms with Gasteiger partial charge < -0.3 is 26.0 Å². The molecule has 1 aliphatic carbocycles. The van der Waals surface area contributed by atoms with E-state index in [9.17, 15) is 19.2 Å². The maximum absolute atomic E-state index is 14.1. The number of amides is 4. The van der Waals surface area contributed by atoms with E-state index in [-0.39, 0.29) is 6.04 Å². The van der Waals surface area contributed by atoms with Gasteiger partial charge in [0.2, 0.25) is 11.8 Å². The molecule has 0 bridgehead atoms. The Morgan fingerprint density at radius 1 is 1.10 bits per heavy atom. The van der Waals surface area contributed by atoms with Gasteiger partial charge in [-0.3, -0.25) is 14.4 Å². The van der Waals surface area contributed by atoms with Crippen LogP contribution in [0.5, 0.6) is 0 Å². The van der Waals surface area contributed by atoms with Gasteiger partial charge in [0.15, 0.2) is 0 Å². The molecule has 3 rings (SSSR count). The molecule has 0 spiro atoms. The number of nitrogens with zero attached hydrogens (tertiary/aromatic N) is 1. The summed E-state index contributed by atoms with van der Waals surface area (Å²) in [4.78, 5) is 54.2. The summed E-state index contributed by atoms with van der Waals surface area (Å²) in [6.45, 7) is 8.78. The predicted molar refractivity (Wildman–Crippen MR) is 150 cm³/mol. The molecule has 2 aromatic rings. The molecule has 0 heterocycles. The number of halogens is 1. The van der Waals surface area contributed by atoms with E-state index < -0.39 is 47.9 Å². The molecule has 9 nitrogen and oxygen atoms in total. The van der Waals surface area contributed by atoms with Gasteiger partial charge in [-0.2, -0.15) is 0 Å². The summed E-state index contributed by atoms with van der Waals surface area (Å²) in [6.07, 6.45) is 0.899. The molecule has 1 saturated carbocycles. The molecule has 4 amide bonds. The van der Waals surface area contributed by atoms with Crippen molar-refractivity contribution in [1.29, 1.82) is 0 Å². The lowest BCUT2D eigenvalue weighted by Crippen LogP contribution is -2.57. The Morgan fingerprint density at radius 2 is 1.77 bits per heavy atom. The second kappa shape index (κ2) is 12.5. The molecule has 1 aliphatic rings. The number of hydrogen-bond donors (Lipinski definition) is 3. The number of nitrogens with two attached hydrogens (primary N) is 1. The third kappa shape index (κ3) is 7.95. The van der Waals surface area contributed by atoms with Crippen LogP contribution in [0.15, 0.2) is 42.5 Å². The van der Waals surface area contributed by atoms with Crippen LogP contribution in [0, 0.1) is 13.8 Å². The van der Waals surface area contributed by atoms with Crippen LogP contribution >= 0.6 is 11.6 Å². The lowest BCUT2D eigenvalue weighted by molar-refractivity contribution is -0.146. The van der Waals surface area contributed by atoms with Gasteiger partial charge in [0.1, 0.15) is 17.7 Å². The summed E-state index contributed by atoms with van der Waals surface area (Å²) in [5, 5.41) is 5.79. The lowest BCUT2D eigenvalue weighted by atomic mass is 9.87. The second-order valence-electron chi connectivity index (χ2n) is 10.9. The average molecular weight is 557 g/mol. The first-order valence-corrected chi connectivity index (χ1v) is 13.4. The molecule has 210 valence electrons. The molecule has 39 heavy (non-hydrogen) atoms. The number of ether oxygens (including phenoxy) is 1. The number of rotatable bonds is 9. The van der Waals surface area contributed by atoms with Crippen LogP contribution in [0.3, 0.4) is 0 Å². The fraction of sp³-hybridized carbons (Fsp3) is 0.448. The number of alkyl carbamates (subject to hydrolysis) is 1. The number of carbonyl (C=O) groups excluding carboxylic acids is 4. The van der Waals surface area contributed by atoms with Crippen molar-refractivity contribution in [3.8, 4) is 0 Å².